The van der Waals surface area contributed by atoms with Crippen molar-refractivity contribution in [3.05, 3.63) is 16.6 Å². The number of nitrogens with zero attached hydrogens (tertiary/aromatic N) is 2. The van der Waals surface area contributed by atoms with Crippen LogP contribution >= 0.6 is 11.3 Å². The van der Waals surface area contributed by atoms with Crippen molar-refractivity contribution < 1.29 is 0 Å². The largest absolute Gasteiger partial charge is 0.316 e. The van der Waals surface area contributed by atoms with Gasteiger partial charge in [0.15, 0.2) is 0 Å². The van der Waals surface area contributed by atoms with E-state index in [1.807, 2.05) is 5.51 Å². The Morgan fingerprint density at radius 3 is 3.18 bits per heavy atom. The van der Waals surface area contributed by atoms with E-state index in [0.717, 1.165) is 13.1 Å². The highest BCUT2D eigenvalue weighted by Crippen LogP contribution is 2.34. The van der Waals surface area contributed by atoms with E-state index in [-0.39, 0.29) is 0 Å². The number of likely N-dealkylation sites (tertiary alicyclic amines) is 1. The van der Waals surface area contributed by atoms with Crippen LogP contribution in [-0.4, -0.2) is 36.6 Å². The average Bonchev–Trinajstić information content (AvgIpc) is 2.83. The average molecular weight is 253 g/mol. The summed E-state index contributed by atoms with van der Waals surface area (Å²) in [5.74, 6) is 0.711. The van der Waals surface area contributed by atoms with Gasteiger partial charge < -0.3 is 5.32 Å². The van der Waals surface area contributed by atoms with Gasteiger partial charge in [-0.05, 0) is 51.9 Å². The minimum atomic E-state index is 0.513. The smallest absolute Gasteiger partial charge is 0.0795 e. The molecule has 2 atom stereocenters. The highest BCUT2D eigenvalue weighted by Gasteiger charge is 2.31. The molecule has 4 heteroatoms. The van der Waals surface area contributed by atoms with E-state index in [2.05, 4.69) is 34.6 Å². The third-order valence-corrected chi connectivity index (χ3v) is 4.20. The van der Waals surface area contributed by atoms with E-state index in [1.165, 1.54) is 31.5 Å². The van der Waals surface area contributed by atoms with Crippen LogP contribution in [0.1, 0.15) is 37.9 Å². The molecule has 2 heterocycles. The SMILES string of the molecule is CCCNCC1CCCN(C)C1c1cscn1. The predicted molar refractivity (Wildman–Crippen MR) is 73.4 cm³/mol. The predicted octanol–water partition coefficient (Wildman–Crippen LogP) is 2.53. The van der Waals surface area contributed by atoms with Crippen LogP contribution < -0.4 is 5.32 Å². The van der Waals surface area contributed by atoms with Gasteiger partial charge in [0.25, 0.3) is 0 Å². The Morgan fingerprint density at radius 1 is 1.59 bits per heavy atom. The molecule has 2 unspecified atom stereocenters. The first-order chi connectivity index (χ1) is 8.33. The minimum Gasteiger partial charge on any atom is -0.316 e. The molecule has 1 aliphatic rings. The summed E-state index contributed by atoms with van der Waals surface area (Å²) in [6, 6.07) is 0.513. The molecule has 0 saturated carbocycles. The maximum Gasteiger partial charge on any atom is 0.0795 e. The number of nitrogens with one attached hydrogen (secondary N) is 1. The van der Waals surface area contributed by atoms with E-state index in [9.17, 15) is 0 Å². The Kier molecular flexibility index (Phi) is 4.95. The molecular formula is C13H23N3S. The zero-order chi connectivity index (χ0) is 12.1. The van der Waals surface area contributed by atoms with E-state index < -0.39 is 0 Å². The van der Waals surface area contributed by atoms with Crippen LogP contribution in [0.5, 0.6) is 0 Å². The summed E-state index contributed by atoms with van der Waals surface area (Å²) < 4.78 is 0. The van der Waals surface area contributed by atoms with Gasteiger partial charge in [0.2, 0.25) is 0 Å². The van der Waals surface area contributed by atoms with Gasteiger partial charge >= 0.3 is 0 Å². The number of thiazole rings is 1. The Labute approximate surface area is 108 Å². The van der Waals surface area contributed by atoms with Gasteiger partial charge in [0.1, 0.15) is 0 Å². The first kappa shape index (κ1) is 13.0. The van der Waals surface area contributed by atoms with Crippen LogP contribution in [0.4, 0.5) is 0 Å². The molecule has 3 nitrogen and oxygen atoms in total. The Hall–Kier alpha value is -0.450. The molecule has 17 heavy (non-hydrogen) atoms. The summed E-state index contributed by atoms with van der Waals surface area (Å²) in [6.45, 7) is 5.68. The molecule has 2 rings (SSSR count). The van der Waals surface area contributed by atoms with E-state index in [1.54, 1.807) is 11.3 Å². The summed E-state index contributed by atoms with van der Waals surface area (Å²) in [5.41, 5.74) is 3.22. The number of rotatable bonds is 5. The molecule has 1 aliphatic heterocycles. The van der Waals surface area contributed by atoms with Gasteiger partial charge in [-0.2, -0.15) is 0 Å². The normalized spacial score (nSPS) is 26.2. The lowest BCUT2D eigenvalue weighted by molar-refractivity contribution is 0.117. The quantitative estimate of drug-likeness (QED) is 0.817. The van der Waals surface area contributed by atoms with Gasteiger partial charge in [-0.3, -0.25) is 4.90 Å². The van der Waals surface area contributed by atoms with Gasteiger partial charge in [-0.15, -0.1) is 11.3 Å². The van der Waals surface area contributed by atoms with Gasteiger partial charge in [0, 0.05) is 5.38 Å². The summed E-state index contributed by atoms with van der Waals surface area (Å²) in [5, 5.41) is 5.77. The maximum atomic E-state index is 4.52. The first-order valence-corrected chi connectivity index (χ1v) is 7.56. The second kappa shape index (κ2) is 6.47. The van der Waals surface area contributed by atoms with Crippen LogP contribution in [0.3, 0.4) is 0 Å². The van der Waals surface area contributed by atoms with Crippen molar-refractivity contribution >= 4 is 11.3 Å². The molecule has 96 valence electrons. The maximum absolute atomic E-state index is 4.52. The van der Waals surface area contributed by atoms with Crippen LogP contribution in [0.15, 0.2) is 10.9 Å². The van der Waals surface area contributed by atoms with E-state index >= 15 is 0 Å². The lowest BCUT2D eigenvalue weighted by Gasteiger charge is -2.38. The van der Waals surface area contributed by atoms with Crippen molar-refractivity contribution in [1.29, 1.82) is 0 Å². The van der Waals surface area contributed by atoms with Gasteiger partial charge in [-0.25, -0.2) is 4.98 Å². The van der Waals surface area contributed by atoms with Crippen molar-refractivity contribution in [2.75, 3.05) is 26.7 Å². The fourth-order valence-electron chi connectivity index (χ4n) is 2.77. The molecule has 1 aromatic heterocycles. The summed E-state index contributed by atoms with van der Waals surface area (Å²) in [7, 11) is 2.23. The Balaban J connectivity index is 2.01. The van der Waals surface area contributed by atoms with Crippen molar-refractivity contribution in [2.45, 2.75) is 32.2 Å². The van der Waals surface area contributed by atoms with Crippen LogP contribution in [0.25, 0.3) is 0 Å². The summed E-state index contributed by atoms with van der Waals surface area (Å²) >= 11 is 1.71. The second-order valence-corrected chi connectivity index (χ2v) is 5.66. The molecule has 0 radical (unpaired) electrons. The van der Waals surface area contributed by atoms with Crippen molar-refractivity contribution in [2.24, 2.45) is 5.92 Å². The number of piperidine rings is 1. The summed E-state index contributed by atoms with van der Waals surface area (Å²) in [6.07, 6.45) is 3.85. The molecule has 0 amide bonds. The molecule has 1 N–H and O–H groups in total. The third kappa shape index (κ3) is 3.27. The molecule has 0 bridgehead atoms. The van der Waals surface area contributed by atoms with Crippen molar-refractivity contribution in [3.63, 3.8) is 0 Å². The van der Waals surface area contributed by atoms with Crippen molar-refractivity contribution in [1.82, 2.24) is 15.2 Å². The van der Waals surface area contributed by atoms with E-state index in [4.69, 9.17) is 0 Å². The zero-order valence-electron chi connectivity index (χ0n) is 10.9. The molecular weight excluding hydrogens is 230 g/mol. The van der Waals surface area contributed by atoms with Crippen LogP contribution in [0.2, 0.25) is 0 Å². The van der Waals surface area contributed by atoms with Gasteiger partial charge in [-0.1, -0.05) is 6.92 Å². The van der Waals surface area contributed by atoms with Gasteiger partial charge in [0.05, 0.1) is 17.2 Å². The highest BCUT2D eigenvalue weighted by molar-refractivity contribution is 7.07. The second-order valence-electron chi connectivity index (χ2n) is 4.95. The first-order valence-electron chi connectivity index (χ1n) is 6.62. The Morgan fingerprint density at radius 2 is 2.47 bits per heavy atom. The van der Waals surface area contributed by atoms with Crippen LogP contribution in [0, 0.1) is 5.92 Å². The van der Waals surface area contributed by atoms with Crippen molar-refractivity contribution in [3.8, 4) is 0 Å². The monoisotopic (exact) mass is 253 g/mol. The van der Waals surface area contributed by atoms with E-state index in [0.29, 0.717) is 12.0 Å². The molecule has 1 aromatic rings. The standard InChI is InChI=1S/C13H23N3S/c1-3-6-14-8-11-5-4-7-16(2)13(11)12-9-17-10-15-12/h9-11,13-14H,3-8H2,1-2H3. The summed E-state index contributed by atoms with van der Waals surface area (Å²) in [4.78, 5) is 6.99. The van der Waals surface area contributed by atoms with Crippen LogP contribution in [-0.2, 0) is 0 Å². The minimum absolute atomic E-state index is 0.513. The molecule has 0 aromatic carbocycles. The fraction of sp³-hybridized carbons (Fsp3) is 0.769. The topological polar surface area (TPSA) is 28.2 Å². The molecule has 1 fully saturated rings. The number of hydrogen-bond acceptors (Lipinski definition) is 4. The third-order valence-electron chi connectivity index (χ3n) is 3.59. The molecule has 0 spiro atoms. The number of aromatic nitrogens is 1. The lowest BCUT2D eigenvalue weighted by atomic mass is 9.87. The number of hydrogen-bond donors (Lipinski definition) is 1. The molecule has 1 saturated heterocycles. The lowest BCUT2D eigenvalue weighted by Crippen LogP contribution is -2.40. The molecule has 0 aliphatic carbocycles. The Bertz CT molecular complexity index is 312. The highest BCUT2D eigenvalue weighted by atomic mass is 32.1. The zero-order valence-corrected chi connectivity index (χ0v) is 11.7. The fourth-order valence-corrected chi connectivity index (χ4v) is 3.36.